The van der Waals surface area contributed by atoms with Crippen molar-refractivity contribution >= 4 is 15.9 Å². The molecule has 0 atom stereocenters. The van der Waals surface area contributed by atoms with Crippen LogP contribution in [0.1, 0.15) is 31.2 Å². The molecule has 0 saturated heterocycles. The summed E-state index contributed by atoms with van der Waals surface area (Å²) in [5.41, 5.74) is 6.21. The van der Waals surface area contributed by atoms with Gasteiger partial charge in [-0.15, -0.1) is 0 Å². The fraction of sp³-hybridized carbons (Fsp3) is 0.500. The van der Waals surface area contributed by atoms with Gasteiger partial charge >= 0.3 is 0 Å². The lowest BCUT2D eigenvalue weighted by atomic mass is 9.78. The summed E-state index contributed by atoms with van der Waals surface area (Å²) in [4.78, 5) is 0. The predicted molar refractivity (Wildman–Crippen MR) is 65.0 cm³/mol. The van der Waals surface area contributed by atoms with Crippen molar-refractivity contribution in [1.82, 2.24) is 0 Å². The average Bonchev–Trinajstić information content (AvgIpc) is 2.73. The van der Waals surface area contributed by atoms with Gasteiger partial charge in [0.1, 0.15) is 11.6 Å². The molecule has 2 rings (SSSR count). The molecule has 1 aliphatic carbocycles. The van der Waals surface area contributed by atoms with Crippen LogP contribution in [0.4, 0.5) is 4.39 Å². The van der Waals surface area contributed by atoms with Gasteiger partial charge in [0.2, 0.25) is 0 Å². The van der Waals surface area contributed by atoms with E-state index in [1.807, 2.05) is 0 Å². The molecule has 0 amide bonds. The highest BCUT2D eigenvalue weighted by Crippen LogP contribution is 2.43. The van der Waals surface area contributed by atoms with Gasteiger partial charge in [0, 0.05) is 18.0 Å². The molecule has 0 heterocycles. The van der Waals surface area contributed by atoms with Gasteiger partial charge in [0.15, 0.2) is 0 Å². The Balaban J connectivity index is 2.50. The van der Waals surface area contributed by atoms with Crippen LogP contribution in [0.15, 0.2) is 16.6 Å². The number of benzene rings is 1. The molecular weight excluding hydrogens is 273 g/mol. The summed E-state index contributed by atoms with van der Waals surface area (Å²) in [6.07, 6.45) is 4.04. The zero-order valence-corrected chi connectivity index (χ0v) is 10.6. The van der Waals surface area contributed by atoms with E-state index < -0.39 is 0 Å². The lowest BCUT2D eigenvalue weighted by molar-refractivity contribution is 0.418. The monoisotopic (exact) mass is 287 g/mol. The van der Waals surface area contributed by atoms with Crippen molar-refractivity contribution in [3.8, 4) is 5.75 Å². The van der Waals surface area contributed by atoms with Crippen molar-refractivity contribution in [2.75, 3.05) is 6.54 Å². The minimum atomic E-state index is -0.354. The molecule has 88 valence electrons. The highest BCUT2D eigenvalue weighted by Gasteiger charge is 2.36. The van der Waals surface area contributed by atoms with Gasteiger partial charge in [-0.1, -0.05) is 12.8 Å². The van der Waals surface area contributed by atoms with Crippen molar-refractivity contribution in [2.45, 2.75) is 31.1 Å². The smallest absolute Gasteiger partial charge is 0.132 e. The van der Waals surface area contributed by atoms with Gasteiger partial charge in [0.05, 0.1) is 4.47 Å². The molecule has 1 saturated carbocycles. The van der Waals surface area contributed by atoms with Crippen LogP contribution in [0.25, 0.3) is 0 Å². The van der Waals surface area contributed by atoms with Crippen molar-refractivity contribution in [2.24, 2.45) is 5.73 Å². The second kappa shape index (κ2) is 4.34. The minimum Gasteiger partial charge on any atom is -0.507 e. The Hall–Kier alpha value is -0.610. The third-order valence-electron chi connectivity index (χ3n) is 3.56. The van der Waals surface area contributed by atoms with E-state index in [0.29, 0.717) is 16.6 Å². The van der Waals surface area contributed by atoms with E-state index in [-0.39, 0.29) is 17.0 Å². The van der Waals surface area contributed by atoms with Crippen LogP contribution in [0, 0.1) is 5.82 Å². The fourth-order valence-corrected chi connectivity index (χ4v) is 2.92. The van der Waals surface area contributed by atoms with E-state index in [9.17, 15) is 9.50 Å². The van der Waals surface area contributed by atoms with E-state index in [2.05, 4.69) is 15.9 Å². The first-order valence-electron chi connectivity index (χ1n) is 5.48. The van der Waals surface area contributed by atoms with Crippen molar-refractivity contribution in [1.29, 1.82) is 0 Å². The molecule has 1 aromatic carbocycles. The summed E-state index contributed by atoms with van der Waals surface area (Å²) in [5.74, 6) is -0.417. The normalized spacial score (nSPS) is 18.9. The number of aromatic hydroxyl groups is 1. The molecule has 3 N–H and O–H groups in total. The number of rotatable bonds is 2. The van der Waals surface area contributed by atoms with Crippen molar-refractivity contribution in [3.63, 3.8) is 0 Å². The highest BCUT2D eigenvalue weighted by atomic mass is 79.9. The number of nitrogens with two attached hydrogens (primary N) is 1. The van der Waals surface area contributed by atoms with Crippen LogP contribution < -0.4 is 5.73 Å². The molecule has 4 heteroatoms. The average molecular weight is 288 g/mol. The van der Waals surface area contributed by atoms with Gasteiger partial charge in [-0.05, 0) is 40.4 Å². The molecule has 0 bridgehead atoms. The Kier molecular flexibility index (Phi) is 3.22. The van der Waals surface area contributed by atoms with E-state index in [4.69, 9.17) is 5.73 Å². The van der Waals surface area contributed by atoms with Crippen LogP contribution >= 0.6 is 15.9 Å². The molecule has 0 unspecified atom stereocenters. The Bertz CT molecular complexity index is 402. The van der Waals surface area contributed by atoms with Gasteiger partial charge in [0.25, 0.3) is 0 Å². The molecule has 0 aromatic heterocycles. The van der Waals surface area contributed by atoms with Crippen LogP contribution in [-0.4, -0.2) is 11.7 Å². The third-order valence-corrected chi connectivity index (χ3v) is 4.19. The quantitative estimate of drug-likeness (QED) is 0.878. The van der Waals surface area contributed by atoms with Gasteiger partial charge in [-0.25, -0.2) is 4.39 Å². The first-order valence-corrected chi connectivity index (χ1v) is 6.27. The molecule has 0 spiro atoms. The first kappa shape index (κ1) is 11.9. The minimum absolute atomic E-state index is 0.0635. The summed E-state index contributed by atoms with van der Waals surface area (Å²) in [7, 11) is 0. The highest BCUT2D eigenvalue weighted by molar-refractivity contribution is 9.10. The second-order valence-corrected chi connectivity index (χ2v) is 5.33. The largest absolute Gasteiger partial charge is 0.507 e. The zero-order chi connectivity index (χ0) is 11.8. The summed E-state index contributed by atoms with van der Waals surface area (Å²) in [6, 6.07) is 2.83. The van der Waals surface area contributed by atoms with Gasteiger partial charge in [-0.3, -0.25) is 0 Å². The second-order valence-electron chi connectivity index (χ2n) is 4.48. The Morgan fingerprint density at radius 1 is 1.38 bits per heavy atom. The SMILES string of the molecule is NCC1(c2cc(Br)c(O)cc2F)CCCC1. The van der Waals surface area contributed by atoms with E-state index in [1.54, 1.807) is 6.07 Å². The molecule has 1 fully saturated rings. The molecule has 1 aliphatic rings. The molecule has 2 nitrogen and oxygen atoms in total. The third kappa shape index (κ3) is 1.84. The maximum atomic E-state index is 13.9. The molecule has 0 radical (unpaired) electrons. The van der Waals surface area contributed by atoms with Crippen LogP contribution in [-0.2, 0) is 5.41 Å². The predicted octanol–water partition coefficient (Wildman–Crippen LogP) is 3.06. The molecule has 1 aromatic rings. The van der Waals surface area contributed by atoms with Crippen molar-refractivity contribution in [3.05, 3.63) is 28.0 Å². The van der Waals surface area contributed by atoms with Gasteiger partial charge in [-0.2, -0.15) is 0 Å². The van der Waals surface area contributed by atoms with Crippen LogP contribution in [0.3, 0.4) is 0 Å². The van der Waals surface area contributed by atoms with Crippen LogP contribution in [0.2, 0.25) is 0 Å². The number of hydrogen-bond acceptors (Lipinski definition) is 2. The summed E-state index contributed by atoms with van der Waals surface area (Å²) >= 11 is 3.22. The summed E-state index contributed by atoms with van der Waals surface area (Å²) < 4.78 is 14.4. The number of hydrogen-bond donors (Lipinski definition) is 2. The Morgan fingerprint density at radius 2 is 2.00 bits per heavy atom. The maximum Gasteiger partial charge on any atom is 0.132 e. The summed E-state index contributed by atoms with van der Waals surface area (Å²) in [5, 5.41) is 9.41. The zero-order valence-electron chi connectivity index (χ0n) is 8.97. The van der Waals surface area contributed by atoms with Crippen molar-refractivity contribution < 1.29 is 9.50 Å². The maximum absolute atomic E-state index is 13.9. The topological polar surface area (TPSA) is 46.2 Å². The lowest BCUT2D eigenvalue weighted by Gasteiger charge is -2.28. The van der Waals surface area contributed by atoms with E-state index in [1.165, 1.54) is 0 Å². The molecule has 16 heavy (non-hydrogen) atoms. The van der Waals surface area contributed by atoms with Gasteiger partial charge < -0.3 is 10.8 Å². The summed E-state index contributed by atoms with van der Waals surface area (Å²) in [6.45, 7) is 0.459. The van der Waals surface area contributed by atoms with E-state index >= 15 is 0 Å². The number of phenols is 1. The standard InChI is InChI=1S/C12H15BrFNO/c13-9-5-8(10(14)6-11(9)16)12(7-15)3-1-2-4-12/h5-6,16H,1-4,7,15H2. The Labute approximate surface area is 103 Å². The van der Waals surface area contributed by atoms with E-state index in [0.717, 1.165) is 31.7 Å². The Morgan fingerprint density at radius 3 is 2.56 bits per heavy atom. The number of phenolic OH excluding ortho intramolecular Hbond substituents is 1. The fourth-order valence-electron chi connectivity index (χ4n) is 2.58. The lowest BCUT2D eigenvalue weighted by Crippen LogP contribution is -2.33. The number of halogens is 2. The van der Waals surface area contributed by atoms with Crippen LogP contribution in [0.5, 0.6) is 5.75 Å². The molecule has 0 aliphatic heterocycles. The molecular formula is C12H15BrFNO. The first-order chi connectivity index (χ1) is 7.59.